The molecule has 0 spiro atoms. The van der Waals surface area contributed by atoms with E-state index in [1.54, 1.807) is 0 Å². The quantitative estimate of drug-likeness (QED) is 0.908. The molecule has 1 aromatic rings. The standard InChI is InChI=1S/C14H21BrN2/c1-17-9-3-2-4-12(10-16)14(17)11-5-7-13(15)8-6-11/h5-8,12,14H,2-4,9-10,16H2,1H3. The molecule has 1 aliphatic rings. The van der Waals surface area contributed by atoms with E-state index in [4.69, 9.17) is 5.73 Å². The molecular formula is C14H21BrN2. The average Bonchev–Trinajstić information content (AvgIpc) is 2.52. The zero-order valence-corrected chi connectivity index (χ0v) is 12.0. The van der Waals surface area contributed by atoms with Gasteiger partial charge in [0.05, 0.1) is 0 Å². The van der Waals surface area contributed by atoms with Gasteiger partial charge in [-0.3, -0.25) is 4.90 Å². The molecule has 2 rings (SSSR count). The maximum atomic E-state index is 5.96. The van der Waals surface area contributed by atoms with Crippen LogP contribution in [0.4, 0.5) is 0 Å². The number of halogens is 1. The molecule has 1 aromatic carbocycles. The summed E-state index contributed by atoms with van der Waals surface area (Å²) in [5.41, 5.74) is 7.35. The summed E-state index contributed by atoms with van der Waals surface area (Å²) in [5, 5.41) is 0. The summed E-state index contributed by atoms with van der Waals surface area (Å²) in [7, 11) is 2.22. The number of hydrogen-bond acceptors (Lipinski definition) is 2. The Balaban J connectivity index is 2.26. The van der Waals surface area contributed by atoms with Gasteiger partial charge in [-0.1, -0.05) is 34.5 Å². The summed E-state index contributed by atoms with van der Waals surface area (Å²) in [5.74, 6) is 0.587. The first-order valence-electron chi connectivity index (χ1n) is 6.38. The lowest BCUT2D eigenvalue weighted by atomic mass is 9.89. The lowest BCUT2D eigenvalue weighted by Gasteiger charge is -2.32. The van der Waals surface area contributed by atoms with Crippen molar-refractivity contribution in [2.24, 2.45) is 11.7 Å². The van der Waals surface area contributed by atoms with Crippen LogP contribution in [-0.2, 0) is 0 Å². The molecule has 1 aliphatic heterocycles. The van der Waals surface area contributed by atoms with Crippen LogP contribution >= 0.6 is 15.9 Å². The van der Waals surface area contributed by atoms with Crippen molar-refractivity contribution in [3.63, 3.8) is 0 Å². The summed E-state index contributed by atoms with van der Waals surface area (Å²) in [6, 6.07) is 9.18. The van der Waals surface area contributed by atoms with Gasteiger partial charge in [-0.05, 0) is 56.6 Å². The average molecular weight is 297 g/mol. The Morgan fingerprint density at radius 2 is 2.00 bits per heavy atom. The molecule has 0 bridgehead atoms. The first-order valence-corrected chi connectivity index (χ1v) is 7.17. The van der Waals surface area contributed by atoms with Crippen LogP contribution in [0, 0.1) is 5.92 Å². The lowest BCUT2D eigenvalue weighted by Crippen LogP contribution is -2.32. The lowest BCUT2D eigenvalue weighted by molar-refractivity contribution is 0.196. The van der Waals surface area contributed by atoms with Gasteiger partial charge >= 0.3 is 0 Å². The highest BCUT2D eigenvalue weighted by atomic mass is 79.9. The molecule has 3 heteroatoms. The summed E-state index contributed by atoms with van der Waals surface area (Å²) >= 11 is 3.49. The third kappa shape index (κ3) is 3.09. The maximum Gasteiger partial charge on any atom is 0.0385 e. The van der Waals surface area contributed by atoms with E-state index in [0.717, 1.165) is 11.0 Å². The Morgan fingerprint density at radius 1 is 1.29 bits per heavy atom. The number of nitrogens with two attached hydrogens (primary N) is 1. The molecule has 17 heavy (non-hydrogen) atoms. The van der Waals surface area contributed by atoms with Crippen molar-refractivity contribution in [2.75, 3.05) is 20.1 Å². The Bertz CT molecular complexity index is 350. The van der Waals surface area contributed by atoms with Gasteiger partial charge in [0, 0.05) is 10.5 Å². The molecule has 94 valence electrons. The molecule has 0 aromatic heterocycles. The van der Waals surface area contributed by atoms with Crippen molar-refractivity contribution in [3.8, 4) is 0 Å². The van der Waals surface area contributed by atoms with E-state index in [0.29, 0.717) is 12.0 Å². The minimum atomic E-state index is 0.482. The van der Waals surface area contributed by atoms with E-state index >= 15 is 0 Å². The second-order valence-corrected chi connectivity index (χ2v) is 5.88. The highest BCUT2D eigenvalue weighted by molar-refractivity contribution is 9.10. The molecule has 0 amide bonds. The van der Waals surface area contributed by atoms with Crippen molar-refractivity contribution in [1.82, 2.24) is 4.90 Å². The smallest absolute Gasteiger partial charge is 0.0385 e. The Labute approximate surface area is 112 Å². The fourth-order valence-electron chi connectivity index (χ4n) is 2.86. The van der Waals surface area contributed by atoms with E-state index in [-0.39, 0.29) is 0 Å². The Kier molecular flexibility index (Phi) is 4.60. The van der Waals surface area contributed by atoms with Crippen molar-refractivity contribution in [2.45, 2.75) is 25.3 Å². The molecule has 0 aliphatic carbocycles. The topological polar surface area (TPSA) is 29.3 Å². The molecular weight excluding hydrogens is 276 g/mol. The number of benzene rings is 1. The molecule has 1 fully saturated rings. The van der Waals surface area contributed by atoms with E-state index in [9.17, 15) is 0 Å². The van der Waals surface area contributed by atoms with Crippen molar-refractivity contribution < 1.29 is 0 Å². The highest BCUT2D eigenvalue weighted by Crippen LogP contribution is 2.33. The first kappa shape index (κ1) is 13.1. The molecule has 0 saturated carbocycles. The summed E-state index contributed by atoms with van der Waals surface area (Å²) < 4.78 is 1.14. The van der Waals surface area contributed by atoms with Crippen LogP contribution in [0.25, 0.3) is 0 Å². The van der Waals surface area contributed by atoms with Crippen molar-refractivity contribution in [1.29, 1.82) is 0 Å². The van der Waals surface area contributed by atoms with Gasteiger partial charge in [0.2, 0.25) is 0 Å². The second-order valence-electron chi connectivity index (χ2n) is 4.97. The normalized spacial score (nSPS) is 26.8. The van der Waals surface area contributed by atoms with Gasteiger partial charge in [-0.2, -0.15) is 0 Å². The van der Waals surface area contributed by atoms with E-state index in [1.807, 2.05) is 0 Å². The minimum absolute atomic E-state index is 0.482. The third-order valence-corrected chi connectivity index (χ3v) is 4.30. The van der Waals surface area contributed by atoms with Crippen LogP contribution in [0.1, 0.15) is 30.9 Å². The maximum absolute atomic E-state index is 5.96. The van der Waals surface area contributed by atoms with Gasteiger partial charge in [-0.25, -0.2) is 0 Å². The predicted octanol–water partition coefficient (Wildman–Crippen LogP) is 3.18. The van der Waals surface area contributed by atoms with Gasteiger partial charge in [-0.15, -0.1) is 0 Å². The molecule has 2 unspecified atom stereocenters. The summed E-state index contributed by atoms with van der Waals surface area (Å²) in [4.78, 5) is 2.47. The Hall–Kier alpha value is -0.380. The molecule has 1 heterocycles. The SMILES string of the molecule is CN1CCCCC(CN)C1c1ccc(Br)cc1. The predicted molar refractivity (Wildman–Crippen MR) is 75.9 cm³/mol. The van der Waals surface area contributed by atoms with E-state index < -0.39 is 0 Å². The van der Waals surface area contributed by atoms with Crippen LogP contribution < -0.4 is 5.73 Å². The number of hydrogen-bond donors (Lipinski definition) is 1. The van der Waals surface area contributed by atoms with Gasteiger partial charge in [0.25, 0.3) is 0 Å². The van der Waals surface area contributed by atoms with Gasteiger partial charge in [0.15, 0.2) is 0 Å². The molecule has 0 radical (unpaired) electrons. The monoisotopic (exact) mass is 296 g/mol. The highest BCUT2D eigenvalue weighted by Gasteiger charge is 2.27. The molecule has 2 nitrogen and oxygen atoms in total. The van der Waals surface area contributed by atoms with E-state index in [1.165, 1.54) is 31.4 Å². The fourth-order valence-corrected chi connectivity index (χ4v) is 3.12. The number of rotatable bonds is 2. The van der Waals surface area contributed by atoms with Crippen LogP contribution in [0.15, 0.2) is 28.7 Å². The molecule has 2 N–H and O–H groups in total. The molecule has 2 atom stereocenters. The van der Waals surface area contributed by atoms with Crippen LogP contribution in [-0.4, -0.2) is 25.0 Å². The van der Waals surface area contributed by atoms with Crippen molar-refractivity contribution in [3.05, 3.63) is 34.3 Å². The largest absolute Gasteiger partial charge is 0.330 e. The number of likely N-dealkylation sites (tertiary alicyclic amines) is 1. The second kappa shape index (κ2) is 5.98. The Morgan fingerprint density at radius 3 is 2.65 bits per heavy atom. The summed E-state index contributed by atoms with van der Waals surface area (Å²) in [6.07, 6.45) is 3.85. The first-order chi connectivity index (χ1) is 8.22. The number of nitrogens with zero attached hydrogens (tertiary/aromatic N) is 1. The molecule has 1 saturated heterocycles. The van der Waals surface area contributed by atoms with E-state index in [2.05, 4.69) is 52.1 Å². The minimum Gasteiger partial charge on any atom is -0.330 e. The van der Waals surface area contributed by atoms with Crippen LogP contribution in [0.3, 0.4) is 0 Å². The summed E-state index contributed by atoms with van der Waals surface area (Å²) in [6.45, 7) is 1.96. The third-order valence-electron chi connectivity index (χ3n) is 3.77. The fraction of sp³-hybridized carbons (Fsp3) is 0.571. The van der Waals surface area contributed by atoms with Gasteiger partial charge < -0.3 is 5.73 Å². The van der Waals surface area contributed by atoms with Crippen LogP contribution in [0.2, 0.25) is 0 Å². The van der Waals surface area contributed by atoms with Crippen LogP contribution in [0.5, 0.6) is 0 Å². The van der Waals surface area contributed by atoms with Gasteiger partial charge in [0.1, 0.15) is 0 Å². The zero-order chi connectivity index (χ0) is 12.3. The zero-order valence-electron chi connectivity index (χ0n) is 10.4. The van der Waals surface area contributed by atoms with Crippen molar-refractivity contribution >= 4 is 15.9 Å².